The number of para-hydroxylation sites is 1. The molecule has 0 heterocycles. The highest BCUT2D eigenvalue weighted by molar-refractivity contribution is 6.31. The molecule has 0 saturated carbocycles. The second kappa shape index (κ2) is 6.79. The Balaban J connectivity index is 2.09. The van der Waals surface area contributed by atoms with Crippen LogP contribution >= 0.6 is 11.6 Å². The maximum absolute atomic E-state index is 13.1. The number of carbonyl (C=O) groups excluding carboxylic acids is 2. The van der Waals surface area contributed by atoms with Crippen LogP contribution in [-0.4, -0.2) is 11.8 Å². The predicted octanol–water partition coefficient (Wildman–Crippen LogP) is 4.08. The van der Waals surface area contributed by atoms with Crippen molar-refractivity contribution in [2.75, 3.05) is 10.6 Å². The van der Waals surface area contributed by atoms with E-state index in [4.69, 9.17) is 11.6 Å². The number of rotatable bonds is 4. The summed E-state index contributed by atoms with van der Waals surface area (Å²) in [5, 5.41) is 5.15. The zero-order valence-corrected chi connectivity index (χ0v) is 13.4. The summed E-state index contributed by atoms with van der Waals surface area (Å²) in [4.78, 5) is 24.7. The molecule has 0 atom stereocenters. The van der Waals surface area contributed by atoms with Crippen molar-refractivity contribution in [3.63, 3.8) is 0 Å². The molecule has 2 rings (SSSR count). The molecule has 2 aromatic carbocycles. The van der Waals surface area contributed by atoms with Crippen LogP contribution in [0.3, 0.4) is 0 Å². The lowest BCUT2D eigenvalue weighted by molar-refractivity contribution is -0.135. The highest BCUT2D eigenvalue weighted by Crippen LogP contribution is 2.24. The van der Waals surface area contributed by atoms with E-state index in [0.717, 1.165) is 6.07 Å². The van der Waals surface area contributed by atoms with Gasteiger partial charge >= 0.3 is 0 Å². The lowest BCUT2D eigenvalue weighted by atomic mass is 9.90. The van der Waals surface area contributed by atoms with Crippen molar-refractivity contribution in [1.82, 2.24) is 0 Å². The molecule has 4 nitrogen and oxygen atoms in total. The lowest BCUT2D eigenvalue weighted by Gasteiger charge is -2.22. The third-order valence-corrected chi connectivity index (χ3v) is 3.63. The molecule has 0 aliphatic rings. The Morgan fingerprint density at radius 3 is 2.09 bits per heavy atom. The van der Waals surface area contributed by atoms with Gasteiger partial charge in [-0.1, -0.05) is 29.8 Å². The molecule has 0 aliphatic carbocycles. The van der Waals surface area contributed by atoms with Crippen molar-refractivity contribution in [3.8, 4) is 0 Å². The Bertz CT molecular complexity index is 733. The van der Waals surface area contributed by atoms with Gasteiger partial charge in [-0.2, -0.15) is 0 Å². The van der Waals surface area contributed by atoms with E-state index in [1.165, 1.54) is 26.0 Å². The van der Waals surface area contributed by atoms with Gasteiger partial charge in [-0.25, -0.2) is 4.39 Å². The van der Waals surface area contributed by atoms with Crippen LogP contribution in [0, 0.1) is 11.2 Å². The van der Waals surface area contributed by atoms with Crippen LogP contribution < -0.4 is 10.6 Å². The molecule has 120 valence electrons. The summed E-state index contributed by atoms with van der Waals surface area (Å²) in [6.07, 6.45) is 0. The van der Waals surface area contributed by atoms with E-state index in [9.17, 15) is 14.0 Å². The third-order valence-electron chi connectivity index (χ3n) is 3.34. The molecule has 0 radical (unpaired) electrons. The van der Waals surface area contributed by atoms with Crippen LogP contribution in [0.4, 0.5) is 15.8 Å². The van der Waals surface area contributed by atoms with Crippen molar-refractivity contribution in [3.05, 3.63) is 59.4 Å². The van der Waals surface area contributed by atoms with Crippen molar-refractivity contribution in [1.29, 1.82) is 0 Å². The molecular formula is C17H16ClFN2O2. The maximum atomic E-state index is 13.1. The fraction of sp³-hybridized carbons (Fsp3) is 0.176. The van der Waals surface area contributed by atoms with Crippen LogP contribution in [0.2, 0.25) is 5.02 Å². The van der Waals surface area contributed by atoms with Gasteiger partial charge in [0, 0.05) is 11.4 Å². The standard InChI is InChI=1S/C17H16ClFN2O2/c1-17(2,15(22)20-11-6-4-3-5-7-11)16(23)21-12-8-9-14(19)13(18)10-12/h3-10H,1-2H3,(H,20,22)(H,21,23). The number of halogens is 2. The number of benzene rings is 2. The van der Waals surface area contributed by atoms with Crippen LogP contribution in [-0.2, 0) is 9.59 Å². The first kappa shape index (κ1) is 17.0. The molecule has 0 aliphatic heterocycles. The first-order valence-electron chi connectivity index (χ1n) is 6.93. The normalized spacial score (nSPS) is 11.0. The quantitative estimate of drug-likeness (QED) is 0.828. The highest BCUT2D eigenvalue weighted by Gasteiger charge is 2.36. The SMILES string of the molecule is CC(C)(C(=O)Nc1ccccc1)C(=O)Nc1ccc(F)c(Cl)c1. The van der Waals surface area contributed by atoms with E-state index in [1.807, 2.05) is 6.07 Å². The Kier molecular flexibility index (Phi) is 5.01. The van der Waals surface area contributed by atoms with Gasteiger partial charge < -0.3 is 10.6 Å². The number of hydrogen-bond donors (Lipinski definition) is 2. The van der Waals surface area contributed by atoms with Gasteiger partial charge in [0.05, 0.1) is 5.02 Å². The van der Waals surface area contributed by atoms with E-state index >= 15 is 0 Å². The minimum atomic E-state index is -1.32. The molecule has 0 aromatic heterocycles. The molecule has 0 saturated heterocycles. The number of anilines is 2. The average molecular weight is 335 g/mol. The smallest absolute Gasteiger partial charge is 0.239 e. The van der Waals surface area contributed by atoms with Crippen molar-refractivity contribution in [2.45, 2.75) is 13.8 Å². The van der Waals surface area contributed by atoms with Gasteiger partial charge in [0.25, 0.3) is 0 Å². The van der Waals surface area contributed by atoms with E-state index in [2.05, 4.69) is 10.6 Å². The number of nitrogens with one attached hydrogen (secondary N) is 2. The maximum Gasteiger partial charge on any atom is 0.239 e. The molecule has 2 aromatic rings. The van der Waals surface area contributed by atoms with Gasteiger partial charge in [-0.05, 0) is 44.2 Å². The Hall–Kier alpha value is -2.40. The molecule has 0 bridgehead atoms. The molecule has 0 fully saturated rings. The van der Waals surface area contributed by atoms with Crippen LogP contribution in [0.1, 0.15) is 13.8 Å². The van der Waals surface area contributed by atoms with E-state index < -0.39 is 23.0 Å². The van der Waals surface area contributed by atoms with Gasteiger partial charge in [-0.15, -0.1) is 0 Å². The van der Waals surface area contributed by atoms with Crippen molar-refractivity contribution in [2.24, 2.45) is 5.41 Å². The van der Waals surface area contributed by atoms with Gasteiger partial charge in [0.1, 0.15) is 11.2 Å². The zero-order chi connectivity index (χ0) is 17.0. The monoisotopic (exact) mass is 334 g/mol. The fourth-order valence-electron chi connectivity index (χ4n) is 1.77. The van der Waals surface area contributed by atoms with Crippen molar-refractivity contribution >= 4 is 34.8 Å². The number of carbonyl (C=O) groups is 2. The Morgan fingerprint density at radius 1 is 0.957 bits per heavy atom. The van der Waals surface area contributed by atoms with E-state index in [0.29, 0.717) is 11.4 Å². The highest BCUT2D eigenvalue weighted by atomic mass is 35.5. The minimum absolute atomic E-state index is 0.102. The summed E-state index contributed by atoms with van der Waals surface area (Å²) in [6.45, 7) is 3.01. The van der Waals surface area contributed by atoms with Crippen LogP contribution in [0.15, 0.2) is 48.5 Å². The summed E-state index contributed by atoms with van der Waals surface area (Å²) in [6, 6.07) is 12.7. The lowest BCUT2D eigenvalue weighted by Crippen LogP contribution is -2.41. The first-order valence-corrected chi connectivity index (χ1v) is 7.31. The Morgan fingerprint density at radius 2 is 1.52 bits per heavy atom. The van der Waals surface area contributed by atoms with E-state index in [1.54, 1.807) is 24.3 Å². The molecule has 0 spiro atoms. The predicted molar refractivity (Wildman–Crippen MR) is 88.9 cm³/mol. The molecule has 0 unspecified atom stereocenters. The minimum Gasteiger partial charge on any atom is -0.325 e. The van der Waals surface area contributed by atoms with Crippen LogP contribution in [0.25, 0.3) is 0 Å². The number of amides is 2. The summed E-state index contributed by atoms with van der Waals surface area (Å²) in [5.74, 6) is -1.55. The fourth-order valence-corrected chi connectivity index (χ4v) is 1.95. The van der Waals surface area contributed by atoms with Gasteiger partial charge in [0.2, 0.25) is 11.8 Å². The molecule has 2 amide bonds. The summed E-state index contributed by atoms with van der Waals surface area (Å²) in [5.41, 5.74) is -0.401. The second-order valence-corrected chi connectivity index (χ2v) is 5.94. The number of hydrogen-bond acceptors (Lipinski definition) is 2. The zero-order valence-electron chi connectivity index (χ0n) is 12.7. The summed E-state index contributed by atoms with van der Waals surface area (Å²) >= 11 is 5.68. The van der Waals surface area contributed by atoms with Crippen LogP contribution in [0.5, 0.6) is 0 Å². The second-order valence-electron chi connectivity index (χ2n) is 5.53. The summed E-state index contributed by atoms with van der Waals surface area (Å²) < 4.78 is 13.1. The molecule has 23 heavy (non-hydrogen) atoms. The average Bonchev–Trinajstić information content (AvgIpc) is 2.51. The van der Waals surface area contributed by atoms with E-state index in [-0.39, 0.29) is 5.02 Å². The molecule has 6 heteroatoms. The van der Waals surface area contributed by atoms with Crippen molar-refractivity contribution < 1.29 is 14.0 Å². The Labute approximate surface area is 138 Å². The largest absolute Gasteiger partial charge is 0.325 e. The molecule has 2 N–H and O–H groups in total. The molecular weight excluding hydrogens is 319 g/mol. The van der Waals surface area contributed by atoms with Gasteiger partial charge in [-0.3, -0.25) is 9.59 Å². The topological polar surface area (TPSA) is 58.2 Å². The first-order chi connectivity index (χ1) is 10.8. The van der Waals surface area contributed by atoms with Gasteiger partial charge in [0.15, 0.2) is 0 Å². The third kappa shape index (κ3) is 4.07. The summed E-state index contributed by atoms with van der Waals surface area (Å²) in [7, 11) is 0.